The molecule has 0 atom stereocenters. The molecule has 0 amide bonds. The molecule has 13 heavy (non-hydrogen) atoms. The van der Waals surface area contributed by atoms with Gasteiger partial charge in [-0.2, -0.15) is 0 Å². The second-order valence-corrected chi connectivity index (χ2v) is 3.14. The van der Waals surface area contributed by atoms with Crippen LogP contribution in [0.4, 0.5) is 0 Å². The molecule has 0 bridgehead atoms. The molecule has 5 heteroatoms. The van der Waals surface area contributed by atoms with Crippen molar-refractivity contribution in [2.75, 3.05) is 26.0 Å². The van der Waals surface area contributed by atoms with Crippen molar-refractivity contribution in [2.24, 2.45) is 5.73 Å². The van der Waals surface area contributed by atoms with Gasteiger partial charge in [-0.1, -0.05) is 0 Å². The summed E-state index contributed by atoms with van der Waals surface area (Å²) in [6.07, 6.45) is 1.71. The van der Waals surface area contributed by atoms with Crippen molar-refractivity contribution >= 4 is 16.9 Å². The quantitative estimate of drug-likeness (QED) is 0.338. The number of amidine groups is 1. The summed E-state index contributed by atoms with van der Waals surface area (Å²) in [5, 5.41) is 0.685. The molecule has 4 nitrogen and oxygen atoms in total. The monoisotopic (exact) mass is 207 g/mol. The lowest BCUT2D eigenvalue weighted by atomic mass is 10.6. The van der Waals surface area contributed by atoms with Gasteiger partial charge in [0.2, 0.25) is 0 Å². The summed E-state index contributed by atoms with van der Waals surface area (Å²) in [7, 11) is 0. The van der Waals surface area contributed by atoms with Gasteiger partial charge >= 0.3 is 5.17 Å². The summed E-state index contributed by atoms with van der Waals surface area (Å²) in [6, 6.07) is 0. The average molecular weight is 207 g/mol. The minimum Gasteiger partial charge on any atom is -0.349 e. The summed E-state index contributed by atoms with van der Waals surface area (Å²) in [5.41, 5.74) is 5.57. The Labute approximate surface area is 83.9 Å². The number of ether oxygens (including phenoxy) is 2. The molecule has 0 heterocycles. The Morgan fingerprint density at radius 3 is 2.31 bits per heavy atom. The van der Waals surface area contributed by atoms with Crippen LogP contribution < -0.4 is 10.7 Å². The molecule has 0 aromatic heterocycles. The molecular formula is C8H19N2O2S+. The van der Waals surface area contributed by atoms with Gasteiger partial charge in [0.1, 0.15) is 6.54 Å². The van der Waals surface area contributed by atoms with Crippen molar-refractivity contribution in [3.05, 3.63) is 0 Å². The van der Waals surface area contributed by atoms with Crippen LogP contribution in [0.1, 0.15) is 13.8 Å². The van der Waals surface area contributed by atoms with Crippen LogP contribution in [0.15, 0.2) is 0 Å². The van der Waals surface area contributed by atoms with Crippen LogP contribution in [0.25, 0.3) is 0 Å². The fourth-order valence-electron chi connectivity index (χ4n) is 0.794. The zero-order chi connectivity index (χ0) is 10.1. The van der Waals surface area contributed by atoms with Crippen molar-refractivity contribution in [3.63, 3.8) is 0 Å². The van der Waals surface area contributed by atoms with Gasteiger partial charge in [0.25, 0.3) is 0 Å². The maximum absolute atomic E-state index is 5.57. The summed E-state index contributed by atoms with van der Waals surface area (Å²) in [5.74, 6) is 0. The van der Waals surface area contributed by atoms with E-state index < -0.39 is 0 Å². The molecule has 0 aromatic rings. The Kier molecular flexibility index (Phi) is 8.18. The van der Waals surface area contributed by atoms with Gasteiger partial charge in [0.05, 0.1) is 0 Å². The van der Waals surface area contributed by atoms with Crippen molar-refractivity contribution in [1.29, 1.82) is 0 Å². The first-order valence-corrected chi connectivity index (χ1v) is 5.60. The molecule has 78 valence electrons. The minimum absolute atomic E-state index is 0.208. The Bertz CT molecular complexity index is 147. The Morgan fingerprint density at radius 1 is 1.38 bits per heavy atom. The van der Waals surface area contributed by atoms with E-state index in [2.05, 4.69) is 4.99 Å². The molecule has 0 radical (unpaired) electrons. The van der Waals surface area contributed by atoms with E-state index >= 15 is 0 Å². The lowest BCUT2D eigenvalue weighted by Crippen LogP contribution is -2.77. The van der Waals surface area contributed by atoms with Crippen molar-refractivity contribution < 1.29 is 14.5 Å². The molecule has 0 aromatic carbocycles. The topological polar surface area (TPSA) is 58.5 Å². The van der Waals surface area contributed by atoms with E-state index in [9.17, 15) is 0 Å². The molecule has 0 aliphatic carbocycles. The highest BCUT2D eigenvalue weighted by atomic mass is 32.2. The smallest absolute Gasteiger partial charge is 0.301 e. The van der Waals surface area contributed by atoms with E-state index in [1.165, 1.54) is 11.8 Å². The summed E-state index contributed by atoms with van der Waals surface area (Å²) >= 11 is 1.48. The number of thioether (sulfide) groups is 1. The Morgan fingerprint density at radius 2 is 1.92 bits per heavy atom. The van der Waals surface area contributed by atoms with E-state index in [0.717, 1.165) is 0 Å². The number of hydrogen-bond donors (Lipinski definition) is 2. The molecular weight excluding hydrogens is 188 g/mol. The van der Waals surface area contributed by atoms with Crippen LogP contribution in [-0.4, -0.2) is 37.5 Å². The van der Waals surface area contributed by atoms with Gasteiger partial charge in [0, 0.05) is 13.2 Å². The van der Waals surface area contributed by atoms with Crippen molar-refractivity contribution in [3.8, 4) is 0 Å². The highest BCUT2D eigenvalue weighted by molar-refractivity contribution is 8.12. The van der Waals surface area contributed by atoms with E-state index in [4.69, 9.17) is 15.2 Å². The second kappa shape index (κ2) is 8.34. The van der Waals surface area contributed by atoms with E-state index in [1.54, 1.807) is 0 Å². The average Bonchev–Trinajstić information content (AvgIpc) is 2.14. The van der Waals surface area contributed by atoms with Gasteiger partial charge in [0.15, 0.2) is 6.29 Å². The normalized spacial score (nSPS) is 12.5. The number of nitrogens with two attached hydrogens (primary N) is 1. The highest BCUT2D eigenvalue weighted by Gasteiger charge is 2.08. The van der Waals surface area contributed by atoms with E-state index in [-0.39, 0.29) is 6.29 Å². The van der Waals surface area contributed by atoms with Crippen molar-refractivity contribution in [1.82, 2.24) is 0 Å². The van der Waals surface area contributed by atoms with Gasteiger partial charge in [-0.25, -0.2) is 0 Å². The van der Waals surface area contributed by atoms with Crippen LogP contribution in [0.5, 0.6) is 0 Å². The first-order chi connectivity index (χ1) is 6.24. The molecule has 0 aliphatic heterocycles. The lowest BCUT2D eigenvalue weighted by molar-refractivity contribution is -0.484. The zero-order valence-electron chi connectivity index (χ0n) is 8.50. The van der Waals surface area contributed by atoms with E-state index in [1.807, 2.05) is 20.1 Å². The van der Waals surface area contributed by atoms with Crippen LogP contribution in [0.2, 0.25) is 0 Å². The van der Waals surface area contributed by atoms with Crippen LogP contribution in [-0.2, 0) is 9.47 Å². The van der Waals surface area contributed by atoms with Crippen LogP contribution in [0.3, 0.4) is 0 Å². The third kappa shape index (κ3) is 6.86. The fraction of sp³-hybridized carbons (Fsp3) is 0.875. The Balaban J connectivity index is 3.79. The lowest BCUT2D eigenvalue weighted by Gasteiger charge is -2.12. The zero-order valence-corrected chi connectivity index (χ0v) is 9.32. The maximum atomic E-state index is 5.57. The predicted octanol–water partition coefficient (Wildman–Crippen LogP) is -0.856. The number of rotatable bonds is 6. The summed E-state index contributed by atoms with van der Waals surface area (Å²) in [6.45, 7) is 5.76. The van der Waals surface area contributed by atoms with Crippen LogP contribution >= 0.6 is 11.8 Å². The molecule has 0 saturated carbocycles. The minimum atomic E-state index is -0.208. The van der Waals surface area contributed by atoms with Gasteiger partial charge < -0.3 is 9.47 Å². The Hall–Kier alpha value is -0.260. The first-order valence-electron chi connectivity index (χ1n) is 4.38. The molecule has 0 aliphatic rings. The number of hydrogen-bond acceptors (Lipinski definition) is 3. The van der Waals surface area contributed by atoms with Crippen LogP contribution in [0, 0.1) is 0 Å². The molecule has 0 fully saturated rings. The third-order valence-corrected chi connectivity index (χ3v) is 1.95. The summed E-state index contributed by atoms with van der Waals surface area (Å²) in [4.78, 5) is 3.01. The molecule has 0 unspecified atom stereocenters. The van der Waals surface area contributed by atoms with E-state index in [0.29, 0.717) is 24.9 Å². The predicted molar refractivity (Wildman–Crippen MR) is 55.6 cm³/mol. The molecule has 0 rings (SSSR count). The SMILES string of the molecule is CCOC(C[NH+]=C(N)SC)OCC. The standard InChI is InChI=1S/C8H18N2O2S/c1-4-11-7(12-5-2)6-10-8(9)13-3/h7H,4-6H2,1-3H3,(H2,9,10)/p+1. The largest absolute Gasteiger partial charge is 0.349 e. The maximum Gasteiger partial charge on any atom is 0.301 e. The van der Waals surface area contributed by atoms with Gasteiger partial charge in [-0.15, -0.1) is 0 Å². The first kappa shape index (κ1) is 12.7. The van der Waals surface area contributed by atoms with Gasteiger partial charge in [-0.05, 0) is 31.9 Å². The number of nitrogens with one attached hydrogen (secondary N) is 1. The molecule has 3 N–H and O–H groups in total. The highest BCUT2D eigenvalue weighted by Crippen LogP contribution is 1.90. The van der Waals surface area contributed by atoms with Crippen molar-refractivity contribution in [2.45, 2.75) is 20.1 Å². The summed E-state index contributed by atoms with van der Waals surface area (Å²) < 4.78 is 10.6. The fourth-order valence-corrected chi connectivity index (χ4v) is 1.02. The van der Waals surface area contributed by atoms with Gasteiger partial charge in [-0.3, -0.25) is 10.7 Å². The second-order valence-electron chi connectivity index (χ2n) is 2.29. The molecule has 0 spiro atoms. The molecule has 0 saturated heterocycles. The third-order valence-electron chi connectivity index (χ3n) is 1.37.